The van der Waals surface area contributed by atoms with Crippen LogP contribution >= 0.6 is 0 Å². The van der Waals surface area contributed by atoms with Gasteiger partial charge >= 0.3 is 0 Å². The molecule has 5 rings (SSSR count). The van der Waals surface area contributed by atoms with Crippen molar-refractivity contribution in [1.82, 2.24) is 14.8 Å². The Balaban J connectivity index is 1.61. The molecule has 0 radical (unpaired) electrons. The Bertz CT molecular complexity index is 1720. The van der Waals surface area contributed by atoms with Gasteiger partial charge in [0.15, 0.2) is 11.6 Å². The second kappa shape index (κ2) is 10.4. The lowest BCUT2D eigenvalue weighted by molar-refractivity contribution is 0.395. The fourth-order valence-electron chi connectivity index (χ4n) is 5.21. The molecular formula is C27H28F4N6O2S. The van der Waals surface area contributed by atoms with E-state index >= 15 is 8.78 Å². The van der Waals surface area contributed by atoms with Gasteiger partial charge in [0.2, 0.25) is 0 Å². The molecule has 212 valence electrons. The number of nitrogen functional groups attached to an aromatic ring is 1. The molecule has 0 atom stereocenters. The monoisotopic (exact) mass is 576 g/mol. The maximum Gasteiger partial charge on any atom is 0.265 e. The van der Waals surface area contributed by atoms with Crippen molar-refractivity contribution in [2.75, 3.05) is 10.5 Å². The first kappa shape index (κ1) is 27.8. The van der Waals surface area contributed by atoms with Gasteiger partial charge in [-0.15, -0.1) is 0 Å². The molecule has 0 spiro atoms. The molecule has 4 aromatic rings. The summed E-state index contributed by atoms with van der Waals surface area (Å²) in [6.07, 6.45) is 5.06. The topological polar surface area (TPSA) is 129 Å². The van der Waals surface area contributed by atoms with Gasteiger partial charge in [0.1, 0.15) is 28.0 Å². The van der Waals surface area contributed by atoms with E-state index < -0.39 is 43.9 Å². The third-order valence-electron chi connectivity index (χ3n) is 7.25. The Kier molecular flexibility index (Phi) is 7.21. The van der Waals surface area contributed by atoms with Crippen LogP contribution in [0, 0.1) is 23.3 Å². The number of nitrogens with two attached hydrogens (primary N) is 2. The van der Waals surface area contributed by atoms with E-state index in [0.717, 1.165) is 55.5 Å². The van der Waals surface area contributed by atoms with Gasteiger partial charge in [-0.05, 0) is 69.2 Å². The minimum absolute atomic E-state index is 0.0463. The highest BCUT2D eigenvalue weighted by molar-refractivity contribution is 7.92. The number of rotatable bonds is 6. The molecule has 13 heteroatoms. The van der Waals surface area contributed by atoms with Crippen LogP contribution in [0.1, 0.15) is 57.1 Å². The molecule has 5 N–H and O–H groups in total. The van der Waals surface area contributed by atoms with Gasteiger partial charge in [0.25, 0.3) is 10.0 Å². The number of nitrogens with one attached hydrogen (secondary N) is 1. The van der Waals surface area contributed by atoms with E-state index in [2.05, 4.69) is 10.1 Å². The van der Waals surface area contributed by atoms with Gasteiger partial charge in [-0.2, -0.15) is 5.10 Å². The zero-order chi connectivity index (χ0) is 28.9. The maximum atomic E-state index is 15.5. The Labute approximate surface area is 228 Å². The summed E-state index contributed by atoms with van der Waals surface area (Å²) >= 11 is 0. The van der Waals surface area contributed by atoms with Crippen LogP contribution in [0.3, 0.4) is 0 Å². The first-order chi connectivity index (χ1) is 18.9. The summed E-state index contributed by atoms with van der Waals surface area (Å²) in [5.74, 6) is -5.00. The smallest absolute Gasteiger partial charge is 0.265 e. The van der Waals surface area contributed by atoms with Gasteiger partial charge in [-0.1, -0.05) is 6.07 Å². The fourth-order valence-corrected chi connectivity index (χ4v) is 6.35. The molecule has 2 aromatic carbocycles. The number of nitrogens with zero attached hydrogens (tertiary/aromatic N) is 3. The van der Waals surface area contributed by atoms with Gasteiger partial charge < -0.3 is 11.5 Å². The van der Waals surface area contributed by atoms with E-state index in [-0.39, 0.29) is 35.1 Å². The molecule has 2 aromatic heterocycles. The largest absolute Gasteiger partial charge is 0.383 e. The van der Waals surface area contributed by atoms with E-state index in [9.17, 15) is 17.2 Å². The molecule has 8 nitrogen and oxygen atoms in total. The van der Waals surface area contributed by atoms with Crippen LogP contribution in [0.15, 0.2) is 41.4 Å². The normalized spacial score (nSPS) is 18.0. The van der Waals surface area contributed by atoms with Gasteiger partial charge in [-0.3, -0.25) is 9.40 Å². The lowest BCUT2D eigenvalue weighted by Crippen LogP contribution is -2.26. The van der Waals surface area contributed by atoms with Gasteiger partial charge in [0, 0.05) is 29.9 Å². The number of benzene rings is 2. The highest BCUT2D eigenvalue weighted by Crippen LogP contribution is 2.42. The molecule has 1 aliphatic rings. The highest BCUT2D eigenvalue weighted by atomic mass is 32.2. The molecule has 0 unspecified atom stereocenters. The van der Waals surface area contributed by atoms with Crippen LogP contribution in [0.5, 0.6) is 0 Å². The van der Waals surface area contributed by atoms with Crippen LogP contribution in [-0.4, -0.2) is 29.2 Å². The summed E-state index contributed by atoms with van der Waals surface area (Å²) in [7, 11) is -4.78. The summed E-state index contributed by atoms with van der Waals surface area (Å²) in [4.78, 5) is 3.30. The van der Waals surface area contributed by atoms with Crippen molar-refractivity contribution in [3.8, 4) is 11.3 Å². The lowest BCUT2D eigenvalue weighted by Gasteiger charge is -2.27. The summed E-state index contributed by atoms with van der Waals surface area (Å²) in [6, 6.07) is 3.90. The first-order valence-corrected chi connectivity index (χ1v) is 14.3. The molecule has 2 heterocycles. The molecule has 0 amide bonds. The Morgan fingerprint density at radius 3 is 2.40 bits per heavy atom. The van der Waals surface area contributed by atoms with Crippen LogP contribution in [-0.2, 0) is 10.0 Å². The quantitative estimate of drug-likeness (QED) is 0.256. The van der Waals surface area contributed by atoms with Crippen LogP contribution in [0.25, 0.3) is 22.2 Å². The predicted molar refractivity (Wildman–Crippen MR) is 144 cm³/mol. The van der Waals surface area contributed by atoms with Crippen molar-refractivity contribution in [1.29, 1.82) is 0 Å². The predicted octanol–water partition coefficient (Wildman–Crippen LogP) is 5.60. The molecule has 0 aliphatic heterocycles. The minimum Gasteiger partial charge on any atom is -0.383 e. The second-order valence-corrected chi connectivity index (χ2v) is 11.9. The lowest BCUT2D eigenvalue weighted by atomic mass is 9.82. The molecule has 1 fully saturated rings. The summed E-state index contributed by atoms with van der Waals surface area (Å²) in [6.45, 7) is 3.79. The third-order valence-corrected chi connectivity index (χ3v) is 8.63. The van der Waals surface area contributed by atoms with E-state index in [0.29, 0.717) is 17.0 Å². The summed E-state index contributed by atoms with van der Waals surface area (Å²) in [5, 5.41) is 4.96. The second-order valence-electron chi connectivity index (χ2n) is 10.3. The van der Waals surface area contributed by atoms with Crippen molar-refractivity contribution in [2.24, 2.45) is 5.73 Å². The minimum atomic E-state index is -4.78. The first-order valence-electron chi connectivity index (χ1n) is 12.8. The molecule has 1 saturated carbocycles. The number of halogens is 4. The average molecular weight is 577 g/mol. The number of aromatic nitrogens is 3. The van der Waals surface area contributed by atoms with E-state index in [4.69, 9.17) is 11.5 Å². The Morgan fingerprint density at radius 2 is 1.73 bits per heavy atom. The zero-order valence-electron chi connectivity index (χ0n) is 21.8. The molecule has 1 aliphatic carbocycles. The number of fused-ring (bicyclic) bond motifs is 1. The van der Waals surface area contributed by atoms with Crippen molar-refractivity contribution >= 4 is 32.4 Å². The Morgan fingerprint density at radius 1 is 1.02 bits per heavy atom. The average Bonchev–Trinajstić information content (AvgIpc) is 3.30. The standard InChI is InChI=1S/C27H28F4N6O2S/c1-13(2)37-26-17(14-6-8-15(32)9-7-14)12-34-27(33)23(26)25(35-37)16-10-20(30)21(11-19(16)29)36-40(38,39)22-5-3-4-18(28)24(22)31/h3-5,10-15,36H,6-9,32H2,1-2H3,(H2,33,34)/t14-,15-. The van der Waals surface area contributed by atoms with Crippen LogP contribution in [0.4, 0.5) is 29.1 Å². The van der Waals surface area contributed by atoms with Gasteiger partial charge in [-0.25, -0.2) is 31.0 Å². The highest BCUT2D eigenvalue weighted by Gasteiger charge is 2.29. The Hall–Kier alpha value is -3.71. The number of pyridine rings is 1. The van der Waals surface area contributed by atoms with Crippen molar-refractivity contribution in [2.45, 2.75) is 62.4 Å². The number of hydrogen-bond acceptors (Lipinski definition) is 6. The van der Waals surface area contributed by atoms with Crippen molar-refractivity contribution in [3.05, 3.63) is 65.4 Å². The fraction of sp³-hybridized carbons (Fsp3) is 0.333. The molecule has 40 heavy (non-hydrogen) atoms. The van der Waals surface area contributed by atoms with Crippen molar-refractivity contribution < 1.29 is 26.0 Å². The summed E-state index contributed by atoms with van der Waals surface area (Å²) < 4.78 is 87.3. The molecule has 0 saturated heterocycles. The number of sulfonamides is 1. The zero-order valence-corrected chi connectivity index (χ0v) is 22.6. The third kappa shape index (κ3) is 4.87. The molecular weight excluding hydrogens is 548 g/mol. The van der Waals surface area contributed by atoms with Crippen LogP contribution < -0.4 is 16.2 Å². The van der Waals surface area contributed by atoms with Crippen LogP contribution in [0.2, 0.25) is 0 Å². The maximum absolute atomic E-state index is 15.5. The molecule has 0 bridgehead atoms. The SMILES string of the molecule is CC(C)n1nc(-c2cc(F)c(NS(=O)(=O)c3cccc(F)c3F)cc2F)c2c(N)ncc([C@H]3CC[C@H](N)CC3)c21. The summed E-state index contributed by atoms with van der Waals surface area (Å²) in [5.41, 5.74) is 12.9. The van der Waals surface area contributed by atoms with Crippen molar-refractivity contribution in [3.63, 3.8) is 0 Å². The van der Waals surface area contributed by atoms with Gasteiger partial charge in [0.05, 0.1) is 16.6 Å². The van der Waals surface area contributed by atoms with E-state index in [1.165, 1.54) is 0 Å². The number of anilines is 2. The van der Waals surface area contributed by atoms with E-state index in [1.807, 2.05) is 13.8 Å². The number of hydrogen-bond donors (Lipinski definition) is 3. The van der Waals surface area contributed by atoms with E-state index in [1.54, 1.807) is 15.6 Å².